The Balaban J connectivity index is 1.90. The van der Waals surface area contributed by atoms with Gasteiger partial charge in [0.15, 0.2) is 11.5 Å². The van der Waals surface area contributed by atoms with Crippen molar-refractivity contribution in [1.29, 1.82) is 0 Å². The fraction of sp³-hybridized carbons (Fsp3) is 0.214. The molecule has 4 rings (SSSR count). The molecule has 2 heterocycles. The highest BCUT2D eigenvalue weighted by Gasteiger charge is 2.23. The molecule has 0 aliphatic heterocycles. The molecule has 0 unspecified atom stereocenters. The highest BCUT2D eigenvalue weighted by Crippen LogP contribution is 2.38. The van der Waals surface area contributed by atoms with Gasteiger partial charge >= 0.3 is 11.9 Å². The zero-order valence-electron chi connectivity index (χ0n) is 21.5. The van der Waals surface area contributed by atoms with E-state index in [-0.39, 0.29) is 16.8 Å². The van der Waals surface area contributed by atoms with Crippen LogP contribution in [-0.2, 0) is 0 Å². The molecule has 0 amide bonds. The molecule has 2 aromatic carbocycles. The summed E-state index contributed by atoms with van der Waals surface area (Å²) in [5.41, 5.74) is 13.1. The van der Waals surface area contributed by atoms with E-state index >= 15 is 0 Å². The van der Waals surface area contributed by atoms with Gasteiger partial charge in [0, 0.05) is 57.4 Å². The molecule has 9 nitrogen and oxygen atoms in total. The first-order valence-corrected chi connectivity index (χ1v) is 11.5. The number of carboxylic acids is 2. The second-order valence-corrected chi connectivity index (χ2v) is 8.85. The molecule has 9 heteroatoms. The van der Waals surface area contributed by atoms with Crippen LogP contribution in [0.2, 0.25) is 0 Å². The molecule has 192 valence electrons. The largest absolute Gasteiger partial charge is 0.493 e. The number of nitrogen functional groups attached to an aromatic ring is 1. The predicted octanol–water partition coefficient (Wildman–Crippen LogP) is 5.16. The van der Waals surface area contributed by atoms with Crippen molar-refractivity contribution in [3.8, 4) is 34.0 Å². The molecule has 0 aliphatic rings. The molecular formula is C28H29N3O6. The Labute approximate surface area is 214 Å². The minimum Gasteiger partial charge on any atom is -0.493 e. The van der Waals surface area contributed by atoms with Gasteiger partial charge in [-0.05, 0) is 58.0 Å². The van der Waals surface area contributed by atoms with Crippen molar-refractivity contribution >= 4 is 17.6 Å². The van der Waals surface area contributed by atoms with Gasteiger partial charge in [0.1, 0.15) is 0 Å². The molecule has 2 aromatic heterocycles. The number of ether oxygens (including phenoxy) is 2. The van der Waals surface area contributed by atoms with Gasteiger partial charge in [-0.2, -0.15) is 0 Å². The second kappa shape index (κ2) is 9.42. The number of aromatic carboxylic acids is 2. The number of rotatable bonds is 7. The van der Waals surface area contributed by atoms with Crippen molar-refractivity contribution in [1.82, 2.24) is 9.13 Å². The summed E-state index contributed by atoms with van der Waals surface area (Å²) in [4.78, 5) is 23.5. The van der Waals surface area contributed by atoms with Gasteiger partial charge in [-0.25, -0.2) is 9.59 Å². The van der Waals surface area contributed by atoms with Gasteiger partial charge in [0.05, 0.1) is 31.0 Å². The first-order chi connectivity index (χ1) is 17.5. The van der Waals surface area contributed by atoms with Crippen molar-refractivity contribution in [2.24, 2.45) is 0 Å². The first-order valence-electron chi connectivity index (χ1n) is 11.5. The van der Waals surface area contributed by atoms with Crippen LogP contribution in [0.5, 0.6) is 11.5 Å². The van der Waals surface area contributed by atoms with E-state index < -0.39 is 11.9 Å². The summed E-state index contributed by atoms with van der Waals surface area (Å²) < 4.78 is 14.7. The highest BCUT2D eigenvalue weighted by molar-refractivity contribution is 5.94. The van der Waals surface area contributed by atoms with E-state index in [4.69, 9.17) is 15.2 Å². The van der Waals surface area contributed by atoms with Crippen LogP contribution in [0.25, 0.3) is 22.5 Å². The maximum atomic E-state index is 12.2. The topological polar surface area (TPSA) is 129 Å². The van der Waals surface area contributed by atoms with E-state index in [1.807, 2.05) is 42.9 Å². The molecule has 4 N–H and O–H groups in total. The summed E-state index contributed by atoms with van der Waals surface area (Å²) in [5.74, 6) is -1.39. The normalized spacial score (nSPS) is 11.0. The molecule has 4 aromatic rings. The molecule has 0 spiro atoms. The summed E-state index contributed by atoms with van der Waals surface area (Å²) in [6, 6.07) is 12.1. The van der Waals surface area contributed by atoms with Gasteiger partial charge < -0.3 is 34.6 Å². The third-order valence-electron chi connectivity index (χ3n) is 6.65. The van der Waals surface area contributed by atoms with Crippen LogP contribution in [0.15, 0.2) is 42.5 Å². The minimum absolute atomic E-state index is 0.0548. The first kappa shape index (κ1) is 25.4. The Kier molecular flexibility index (Phi) is 6.48. The number of hydrogen-bond donors (Lipinski definition) is 3. The van der Waals surface area contributed by atoms with Crippen LogP contribution in [0.3, 0.4) is 0 Å². The maximum Gasteiger partial charge on any atom is 0.337 e. The van der Waals surface area contributed by atoms with E-state index in [1.54, 1.807) is 18.2 Å². The summed E-state index contributed by atoms with van der Waals surface area (Å²) in [6.45, 7) is 7.81. The lowest BCUT2D eigenvalue weighted by Gasteiger charge is -2.17. The molecule has 0 saturated carbocycles. The highest BCUT2D eigenvalue weighted by atomic mass is 16.5. The number of methoxy groups -OCH3 is 2. The number of nitrogens with zero attached hydrogens (tertiary/aromatic N) is 2. The van der Waals surface area contributed by atoms with Crippen molar-refractivity contribution in [3.63, 3.8) is 0 Å². The summed E-state index contributed by atoms with van der Waals surface area (Å²) in [7, 11) is 2.97. The number of aromatic nitrogens is 2. The number of carbonyl (C=O) groups is 2. The Morgan fingerprint density at radius 3 is 1.76 bits per heavy atom. The number of hydrogen-bond acceptors (Lipinski definition) is 5. The Morgan fingerprint density at radius 2 is 1.24 bits per heavy atom. The number of benzene rings is 2. The van der Waals surface area contributed by atoms with Gasteiger partial charge in [-0.1, -0.05) is 0 Å². The number of anilines is 1. The van der Waals surface area contributed by atoms with E-state index in [0.717, 1.165) is 39.6 Å². The molecule has 0 bridgehead atoms. The molecular weight excluding hydrogens is 474 g/mol. The van der Waals surface area contributed by atoms with E-state index in [0.29, 0.717) is 17.2 Å². The van der Waals surface area contributed by atoms with Crippen LogP contribution >= 0.6 is 0 Å². The molecule has 0 saturated heterocycles. The van der Waals surface area contributed by atoms with Crippen LogP contribution < -0.4 is 15.2 Å². The fourth-order valence-corrected chi connectivity index (χ4v) is 4.95. The van der Waals surface area contributed by atoms with E-state index in [1.165, 1.54) is 26.4 Å². The van der Waals surface area contributed by atoms with Gasteiger partial charge in [0.25, 0.3) is 0 Å². The zero-order valence-corrected chi connectivity index (χ0v) is 21.5. The summed E-state index contributed by atoms with van der Waals surface area (Å²) >= 11 is 0. The van der Waals surface area contributed by atoms with Crippen molar-refractivity contribution in [2.75, 3.05) is 20.0 Å². The average Bonchev–Trinajstić information content (AvgIpc) is 3.30. The fourth-order valence-electron chi connectivity index (χ4n) is 4.95. The third kappa shape index (κ3) is 4.18. The second-order valence-electron chi connectivity index (χ2n) is 8.85. The molecule has 37 heavy (non-hydrogen) atoms. The standard InChI is InChI=1S/C28H29N3O6/c1-14-9-20(16(3)30(14)18-7-8-19(27(32)33)23(29)11-18)21-10-15(2)31(17(21)4)24-13-26(37-6)25(36-5)12-22(24)28(34)35/h7-13H,29H2,1-6H3,(H,32,33)(H,34,35). The summed E-state index contributed by atoms with van der Waals surface area (Å²) in [6.07, 6.45) is 0. The van der Waals surface area contributed by atoms with Gasteiger partial charge in [0.2, 0.25) is 0 Å². The van der Waals surface area contributed by atoms with Gasteiger partial charge in [-0.3, -0.25) is 0 Å². The molecule has 0 atom stereocenters. The van der Waals surface area contributed by atoms with E-state index in [9.17, 15) is 19.8 Å². The predicted molar refractivity (Wildman–Crippen MR) is 141 cm³/mol. The number of nitrogens with two attached hydrogens (primary N) is 1. The average molecular weight is 504 g/mol. The lowest BCUT2D eigenvalue weighted by atomic mass is 10.1. The monoisotopic (exact) mass is 503 g/mol. The quantitative estimate of drug-likeness (QED) is 0.297. The smallest absolute Gasteiger partial charge is 0.337 e. The number of carboxylic acid groups (broad SMARTS) is 2. The van der Waals surface area contributed by atoms with Crippen molar-refractivity contribution in [2.45, 2.75) is 27.7 Å². The van der Waals surface area contributed by atoms with Crippen LogP contribution in [0.4, 0.5) is 5.69 Å². The summed E-state index contributed by atoms with van der Waals surface area (Å²) in [5, 5.41) is 19.3. The van der Waals surface area contributed by atoms with Crippen molar-refractivity contribution < 1.29 is 29.3 Å². The van der Waals surface area contributed by atoms with Crippen LogP contribution in [0.1, 0.15) is 43.5 Å². The van der Waals surface area contributed by atoms with Crippen LogP contribution in [-0.4, -0.2) is 45.5 Å². The maximum absolute atomic E-state index is 12.2. The Morgan fingerprint density at radius 1 is 0.730 bits per heavy atom. The minimum atomic E-state index is -1.08. The number of aryl methyl sites for hydroxylation is 2. The lowest BCUT2D eigenvalue weighted by Crippen LogP contribution is -2.09. The van der Waals surface area contributed by atoms with Crippen molar-refractivity contribution in [3.05, 3.63) is 76.4 Å². The van der Waals surface area contributed by atoms with Crippen LogP contribution in [0, 0.1) is 27.7 Å². The van der Waals surface area contributed by atoms with E-state index in [2.05, 4.69) is 6.07 Å². The van der Waals surface area contributed by atoms with Gasteiger partial charge in [-0.15, -0.1) is 0 Å². The third-order valence-corrected chi connectivity index (χ3v) is 6.65. The Bertz CT molecular complexity index is 1560. The molecule has 0 fully saturated rings. The molecule has 0 radical (unpaired) electrons. The Hall–Kier alpha value is -4.66. The lowest BCUT2D eigenvalue weighted by molar-refractivity contribution is 0.0686. The molecule has 0 aliphatic carbocycles. The zero-order chi connectivity index (χ0) is 27.2. The SMILES string of the molecule is COc1cc(C(=O)O)c(-n2c(C)cc(-c3cc(C)n(-c4ccc(C(=O)O)c(N)c4)c3C)c2C)cc1OC.